The van der Waals surface area contributed by atoms with E-state index in [1.54, 1.807) is 4.57 Å². The number of rotatable bonds is 6. The Balaban J connectivity index is 1.48. The Morgan fingerprint density at radius 1 is 1.24 bits per heavy atom. The first kappa shape index (κ1) is 22.1. The van der Waals surface area contributed by atoms with Crippen molar-refractivity contribution in [3.63, 3.8) is 0 Å². The molecule has 0 spiro atoms. The summed E-state index contributed by atoms with van der Waals surface area (Å²) in [6, 6.07) is 8.14. The van der Waals surface area contributed by atoms with Crippen LogP contribution in [0, 0.1) is 0 Å². The van der Waals surface area contributed by atoms with Gasteiger partial charge in [-0.05, 0) is 43.7 Å². The van der Waals surface area contributed by atoms with Crippen LogP contribution in [-0.2, 0) is 11.3 Å². The number of carbonyl (C=O) groups excluding carboxylic acids is 1. The zero-order valence-corrected chi connectivity index (χ0v) is 18.8. The minimum atomic E-state index is -0.861. The molecule has 34 heavy (non-hydrogen) atoms. The van der Waals surface area contributed by atoms with E-state index in [4.69, 9.17) is 16.2 Å². The number of amides is 1. The molecular weight excluding hydrogens is 436 g/mol. The molecule has 2 aromatic heterocycles. The number of benzene rings is 1. The van der Waals surface area contributed by atoms with E-state index in [2.05, 4.69) is 25.5 Å². The molecule has 0 aliphatic carbocycles. The van der Waals surface area contributed by atoms with Crippen LogP contribution in [0.5, 0.6) is 0 Å². The highest BCUT2D eigenvalue weighted by molar-refractivity contribution is 6.00. The Morgan fingerprint density at radius 3 is 2.68 bits per heavy atom. The van der Waals surface area contributed by atoms with Crippen molar-refractivity contribution in [2.75, 3.05) is 48.8 Å². The molecule has 178 valence electrons. The van der Waals surface area contributed by atoms with Crippen LogP contribution in [0.4, 0.5) is 23.1 Å². The number of nitrogens with two attached hydrogens (primary N) is 2. The van der Waals surface area contributed by atoms with Crippen LogP contribution < -0.4 is 32.4 Å². The lowest BCUT2D eigenvalue weighted by molar-refractivity contribution is 0.0999. The lowest BCUT2D eigenvalue weighted by Crippen LogP contribution is -2.36. The van der Waals surface area contributed by atoms with Gasteiger partial charge in [-0.15, -0.1) is 0 Å². The van der Waals surface area contributed by atoms with Crippen molar-refractivity contribution in [2.24, 2.45) is 5.73 Å². The van der Waals surface area contributed by atoms with Crippen LogP contribution in [0.25, 0.3) is 11.0 Å². The fraction of sp³-hybridized carbons (Fsp3) is 0.391. The zero-order chi connectivity index (χ0) is 23.7. The number of pyridine rings is 1. The molecule has 5 rings (SSSR count). The van der Waals surface area contributed by atoms with E-state index in [1.165, 1.54) is 6.20 Å². The number of aromatic nitrogens is 3. The predicted octanol–water partition coefficient (Wildman–Crippen LogP) is 0.805. The van der Waals surface area contributed by atoms with Crippen LogP contribution in [-0.4, -0.2) is 59.3 Å². The number of nitrogens with one attached hydrogen (secondary N) is 2. The van der Waals surface area contributed by atoms with Crippen molar-refractivity contribution >= 4 is 40.1 Å². The highest BCUT2D eigenvalue weighted by atomic mass is 16.5. The Morgan fingerprint density at radius 2 is 2.00 bits per heavy atom. The van der Waals surface area contributed by atoms with Crippen molar-refractivity contribution < 1.29 is 9.53 Å². The second kappa shape index (κ2) is 9.27. The van der Waals surface area contributed by atoms with Crippen molar-refractivity contribution in [3.8, 4) is 0 Å². The maximum absolute atomic E-state index is 12.9. The predicted molar refractivity (Wildman–Crippen MR) is 131 cm³/mol. The molecule has 4 heterocycles. The molecule has 1 amide bonds. The normalized spacial score (nSPS) is 18.4. The number of primary amides is 1. The summed E-state index contributed by atoms with van der Waals surface area (Å²) in [5.41, 5.74) is 13.2. The third kappa shape index (κ3) is 4.27. The highest BCUT2D eigenvalue weighted by Gasteiger charge is 2.23. The van der Waals surface area contributed by atoms with E-state index in [0.29, 0.717) is 18.1 Å². The lowest BCUT2D eigenvalue weighted by Gasteiger charge is -2.28. The summed E-state index contributed by atoms with van der Waals surface area (Å²) in [6.07, 6.45) is 3.43. The van der Waals surface area contributed by atoms with Gasteiger partial charge in [0.05, 0.1) is 18.6 Å². The average molecular weight is 465 g/mol. The fourth-order valence-electron chi connectivity index (χ4n) is 4.56. The van der Waals surface area contributed by atoms with Gasteiger partial charge >= 0.3 is 0 Å². The van der Waals surface area contributed by atoms with Crippen LogP contribution in [0.1, 0.15) is 23.2 Å². The van der Waals surface area contributed by atoms with Crippen molar-refractivity contribution in [3.05, 3.63) is 46.2 Å². The number of nitrogens with zero attached hydrogens (tertiary/aromatic N) is 4. The molecule has 11 heteroatoms. The van der Waals surface area contributed by atoms with Crippen LogP contribution in [0.2, 0.25) is 0 Å². The van der Waals surface area contributed by atoms with Gasteiger partial charge in [0.15, 0.2) is 5.65 Å². The molecule has 0 bridgehead atoms. The number of fused-ring (bicyclic) bond motifs is 1. The maximum atomic E-state index is 12.9. The molecule has 1 aromatic carbocycles. The first-order valence-electron chi connectivity index (χ1n) is 11.4. The molecule has 3 aromatic rings. The molecule has 2 saturated heterocycles. The third-order valence-corrected chi connectivity index (χ3v) is 6.35. The number of ether oxygens (including phenoxy) is 1. The Hall–Kier alpha value is -3.70. The van der Waals surface area contributed by atoms with Gasteiger partial charge in [-0.1, -0.05) is 0 Å². The van der Waals surface area contributed by atoms with Gasteiger partial charge in [0.1, 0.15) is 11.4 Å². The fourth-order valence-corrected chi connectivity index (χ4v) is 4.56. The summed E-state index contributed by atoms with van der Waals surface area (Å²) in [4.78, 5) is 36.1. The monoisotopic (exact) mass is 464 g/mol. The number of morpholine rings is 1. The summed E-state index contributed by atoms with van der Waals surface area (Å²) in [7, 11) is 0. The molecule has 2 aliphatic heterocycles. The summed E-state index contributed by atoms with van der Waals surface area (Å²) in [5.74, 6) is -0.510. The first-order chi connectivity index (χ1) is 16.5. The quantitative estimate of drug-likeness (QED) is 0.415. The van der Waals surface area contributed by atoms with E-state index in [0.717, 1.165) is 57.1 Å². The molecule has 0 radical (unpaired) electrons. The SMILES string of the molecule is NC(=O)c1c(N)n(CC2CCCN2)c2nc(Nc3ccc(N4CCOCC4)cc3)ncc2c1=O. The highest BCUT2D eigenvalue weighted by Crippen LogP contribution is 2.23. The summed E-state index contributed by atoms with van der Waals surface area (Å²) < 4.78 is 7.10. The molecule has 0 saturated carbocycles. The summed E-state index contributed by atoms with van der Waals surface area (Å²) in [5, 5.41) is 6.80. The van der Waals surface area contributed by atoms with Gasteiger partial charge in [-0.25, -0.2) is 4.98 Å². The molecule has 2 fully saturated rings. The average Bonchev–Trinajstić information content (AvgIpc) is 3.36. The van der Waals surface area contributed by atoms with E-state index in [-0.39, 0.29) is 22.8 Å². The maximum Gasteiger partial charge on any atom is 0.256 e. The van der Waals surface area contributed by atoms with Crippen molar-refractivity contribution in [2.45, 2.75) is 25.4 Å². The first-order valence-corrected chi connectivity index (χ1v) is 11.4. The van der Waals surface area contributed by atoms with E-state index in [9.17, 15) is 9.59 Å². The molecule has 6 N–H and O–H groups in total. The zero-order valence-electron chi connectivity index (χ0n) is 18.8. The topological polar surface area (TPSA) is 153 Å². The van der Waals surface area contributed by atoms with Crippen molar-refractivity contribution in [1.82, 2.24) is 19.9 Å². The van der Waals surface area contributed by atoms with Crippen molar-refractivity contribution in [1.29, 1.82) is 0 Å². The second-order valence-corrected chi connectivity index (χ2v) is 8.56. The van der Waals surface area contributed by atoms with Gasteiger partial charge in [0, 0.05) is 43.2 Å². The molecular formula is C23H28N8O3. The molecule has 2 aliphatic rings. The van der Waals surface area contributed by atoms with Gasteiger partial charge in [-0.2, -0.15) is 4.98 Å². The second-order valence-electron chi connectivity index (χ2n) is 8.56. The summed E-state index contributed by atoms with van der Waals surface area (Å²) in [6.45, 7) is 4.56. The number of anilines is 4. The lowest BCUT2D eigenvalue weighted by atomic mass is 10.1. The van der Waals surface area contributed by atoms with Crippen LogP contribution in [0.15, 0.2) is 35.3 Å². The number of carbonyl (C=O) groups is 1. The number of nitrogen functional groups attached to an aromatic ring is 1. The Kier molecular flexibility index (Phi) is 6.03. The smallest absolute Gasteiger partial charge is 0.256 e. The Bertz CT molecular complexity index is 1260. The molecule has 1 unspecified atom stereocenters. The third-order valence-electron chi connectivity index (χ3n) is 6.35. The Labute approximate surface area is 196 Å². The minimum Gasteiger partial charge on any atom is -0.384 e. The standard InChI is InChI=1S/C23H28N8O3/c24-20-18(21(25)33)19(32)17-12-27-23(29-22(17)31(20)13-15-2-1-7-26-15)28-14-3-5-16(6-4-14)30-8-10-34-11-9-30/h3-6,12,15,26H,1-2,7-11,13,24H2,(H2,25,33)(H,27,28,29). The largest absolute Gasteiger partial charge is 0.384 e. The minimum absolute atomic E-state index is 0.0261. The van der Waals surface area contributed by atoms with Gasteiger partial charge in [0.25, 0.3) is 5.91 Å². The van der Waals surface area contributed by atoms with E-state index in [1.807, 2.05) is 24.3 Å². The summed E-state index contributed by atoms with van der Waals surface area (Å²) >= 11 is 0. The van der Waals surface area contributed by atoms with E-state index >= 15 is 0 Å². The molecule has 11 nitrogen and oxygen atoms in total. The number of hydrogen-bond donors (Lipinski definition) is 4. The van der Waals surface area contributed by atoms with Crippen LogP contribution >= 0.6 is 0 Å². The molecule has 1 atom stereocenters. The van der Waals surface area contributed by atoms with Crippen LogP contribution in [0.3, 0.4) is 0 Å². The van der Waals surface area contributed by atoms with Gasteiger partial charge in [0.2, 0.25) is 11.4 Å². The van der Waals surface area contributed by atoms with Gasteiger partial charge in [-0.3, -0.25) is 9.59 Å². The van der Waals surface area contributed by atoms with E-state index < -0.39 is 11.3 Å². The van der Waals surface area contributed by atoms with Gasteiger partial charge < -0.3 is 36.3 Å². The number of hydrogen-bond acceptors (Lipinski definition) is 9.